The van der Waals surface area contributed by atoms with Gasteiger partial charge in [0.2, 0.25) is 0 Å². The van der Waals surface area contributed by atoms with Crippen molar-refractivity contribution in [2.45, 2.75) is 0 Å². The fourth-order valence-electron chi connectivity index (χ4n) is 2.58. The third-order valence-electron chi connectivity index (χ3n) is 3.06. The first kappa shape index (κ1) is 8.10. The van der Waals surface area contributed by atoms with E-state index in [-0.39, 0.29) is 0 Å². The van der Waals surface area contributed by atoms with E-state index < -0.39 is 0 Å². The Labute approximate surface area is 74.5 Å². The summed E-state index contributed by atoms with van der Waals surface area (Å²) in [6.45, 7) is 5.83. The third kappa shape index (κ3) is 1.35. The molecule has 0 aromatic heterocycles. The van der Waals surface area contributed by atoms with Crippen LogP contribution in [-0.2, 0) is 0 Å². The molecule has 0 radical (unpaired) electrons. The molecule has 2 heteroatoms. The molecule has 0 amide bonds. The smallest absolute Gasteiger partial charge is 0.0599 e. The number of fused-ring (bicyclic) bond motifs is 1. The van der Waals surface area contributed by atoms with E-state index in [1.165, 1.54) is 26.2 Å². The lowest BCUT2D eigenvalue weighted by Gasteiger charge is -2.15. The molecule has 2 fully saturated rings. The largest absolute Gasteiger partial charge is 0.306 e. The summed E-state index contributed by atoms with van der Waals surface area (Å²) in [6, 6.07) is 0. The number of hydrogen-bond acceptors (Lipinski definition) is 2. The van der Waals surface area contributed by atoms with Crippen molar-refractivity contribution in [1.29, 1.82) is 0 Å². The Kier molecular flexibility index (Phi) is 2.08. The molecule has 2 atom stereocenters. The normalized spacial score (nSPS) is 36.7. The summed E-state index contributed by atoms with van der Waals surface area (Å²) in [7, 11) is 2.21. The average molecular weight is 164 g/mol. The van der Waals surface area contributed by atoms with Crippen LogP contribution < -0.4 is 0 Å². The van der Waals surface area contributed by atoms with Gasteiger partial charge in [0.1, 0.15) is 0 Å². The van der Waals surface area contributed by atoms with E-state index in [4.69, 9.17) is 6.42 Å². The molecule has 0 aliphatic carbocycles. The molecule has 2 rings (SSSR count). The first-order valence-electron chi connectivity index (χ1n) is 4.64. The highest BCUT2D eigenvalue weighted by Gasteiger charge is 2.37. The summed E-state index contributed by atoms with van der Waals surface area (Å²) in [6.07, 6.45) is 5.28. The van der Waals surface area contributed by atoms with E-state index >= 15 is 0 Å². The van der Waals surface area contributed by atoms with Crippen molar-refractivity contribution in [2.24, 2.45) is 11.8 Å². The van der Waals surface area contributed by atoms with E-state index in [9.17, 15) is 0 Å². The zero-order valence-corrected chi connectivity index (χ0v) is 7.66. The Morgan fingerprint density at radius 2 is 1.83 bits per heavy atom. The van der Waals surface area contributed by atoms with Gasteiger partial charge < -0.3 is 4.90 Å². The zero-order chi connectivity index (χ0) is 8.55. The summed E-state index contributed by atoms with van der Waals surface area (Å²) in [4.78, 5) is 4.84. The van der Waals surface area contributed by atoms with Crippen LogP contribution in [0, 0.1) is 24.2 Å². The molecular weight excluding hydrogens is 148 g/mol. The fraction of sp³-hybridized carbons (Fsp3) is 0.800. The summed E-state index contributed by atoms with van der Waals surface area (Å²) < 4.78 is 0. The van der Waals surface area contributed by atoms with Gasteiger partial charge in [-0.2, -0.15) is 0 Å². The van der Waals surface area contributed by atoms with Gasteiger partial charge in [0, 0.05) is 26.2 Å². The minimum Gasteiger partial charge on any atom is -0.306 e. The van der Waals surface area contributed by atoms with Crippen LogP contribution in [0.1, 0.15) is 0 Å². The molecule has 0 aromatic carbocycles. The SMILES string of the molecule is C#CCN1CC2CN(C)CC2C1. The predicted octanol–water partition coefficient (Wildman–Crippen LogP) is 0.113. The Hall–Kier alpha value is -0.520. The van der Waals surface area contributed by atoms with Gasteiger partial charge in [0.25, 0.3) is 0 Å². The average Bonchev–Trinajstić information content (AvgIpc) is 2.44. The lowest BCUT2D eigenvalue weighted by molar-refractivity contribution is 0.301. The minimum absolute atomic E-state index is 0.844. The second-order valence-corrected chi connectivity index (χ2v) is 4.14. The van der Waals surface area contributed by atoms with Gasteiger partial charge in [0.05, 0.1) is 6.54 Å². The second-order valence-electron chi connectivity index (χ2n) is 4.14. The van der Waals surface area contributed by atoms with Crippen LogP contribution in [0.15, 0.2) is 0 Å². The molecule has 0 saturated carbocycles. The topological polar surface area (TPSA) is 6.48 Å². The highest BCUT2D eigenvalue weighted by Crippen LogP contribution is 2.29. The van der Waals surface area contributed by atoms with E-state index in [1.807, 2.05) is 0 Å². The highest BCUT2D eigenvalue weighted by molar-refractivity contribution is 4.96. The quantitative estimate of drug-likeness (QED) is 0.508. The van der Waals surface area contributed by atoms with Crippen LogP contribution in [-0.4, -0.2) is 49.6 Å². The van der Waals surface area contributed by atoms with Crippen molar-refractivity contribution in [1.82, 2.24) is 9.80 Å². The van der Waals surface area contributed by atoms with E-state index in [0.717, 1.165) is 18.4 Å². The monoisotopic (exact) mass is 164 g/mol. The van der Waals surface area contributed by atoms with Crippen LogP contribution in [0.2, 0.25) is 0 Å². The summed E-state index contributed by atoms with van der Waals surface area (Å²) in [5.41, 5.74) is 0. The minimum atomic E-state index is 0.844. The standard InChI is InChI=1S/C10H16N2/c1-3-4-12-7-9-5-11(2)6-10(9)8-12/h1,9-10H,4-8H2,2H3. The molecule has 2 aliphatic rings. The van der Waals surface area contributed by atoms with Crippen molar-refractivity contribution < 1.29 is 0 Å². The molecule has 0 bridgehead atoms. The molecule has 0 aromatic rings. The number of nitrogens with zero attached hydrogens (tertiary/aromatic N) is 2. The molecular formula is C10H16N2. The molecule has 2 saturated heterocycles. The van der Waals surface area contributed by atoms with Crippen LogP contribution in [0.4, 0.5) is 0 Å². The van der Waals surface area contributed by atoms with Crippen molar-refractivity contribution in [3.63, 3.8) is 0 Å². The molecule has 0 N–H and O–H groups in total. The maximum atomic E-state index is 5.28. The molecule has 2 aliphatic heterocycles. The Morgan fingerprint density at radius 3 is 2.33 bits per heavy atom. The van der Waals surface area contributed by atoms with E-state index in [0.29, 0.717) is 0 Å². The summed E-state index contributed by atoms with van der Waals surface area (Å²) >= 11 is 0. The van der Waals surface area contributed by atoms with Crippen molar-refractivity contribution in [3.05, 3.63) is 0 Å². The number of terminal acetylenes is 1. The van der Waals surface area contributed by atoms with E-state index in [2.05, 4.69) is 22.8 Å². The third-order valence-corrected chi connectivity index (χ3v) is 3.06. The molecule has 2 nitrogen and oxygen atoms in total. The Morgan fingerprint density at radius 1 is 1.25 bits per heavy atom. The molecule has 12 heavy (non-hydrogen) atoms. The highest BCUT2D eigenvalue weighted by atomic mass is 15.2. The summed E-state index contributed by atoms with van der Waals surface area (Å²) in [5.74, 6) is 4.51. The van der Waals surface area contributed by atoms with Gasteiger partial charge in [-0.05, 0) is 18.9 Å². The van der Waals surface area contributed by atoms with Crippen LogP contribution in [0.25, 0.3) is 0 Å². The zero-order valence-electron chi connectivity index (χ0n) is 7.66. The van der Waals surface area contributed by atoms with Crippen LogP contribution in [0.5, 0.6) is 0 Å². The first-order valence-corrected chi connectivity index (χ1v) is 4.64. The predicted molar refractivity (Wildman–Crippen MR) is 49.8 cm³/mol. The van der Waals surface area contributed by atoms with Crippen molar-refractivity contribution in [3.8, 4) is 12.3 Å². The van der Waals surface area contributed by atoms with Gasteiger partial charge in [-0.25, -0.2) is 0 Å². The molecule has 66 valence electrons. The molecule has 2 unspecified atom stereocenters. The van der Waals surface area contributed by atoms with Crippen molar-refractivity contribution >= 4 is 0 Å². The Balaban J connectivity index is 1.90. The van der Waals surface area contributed by atoms with Gasteiger partial charge >= 0.3 is 0 Å². The van der Waals surface area contributed by atoms with Gasteiger partial charge in [0.15, 0.2) is 0 Å². The fourth-order valence-corrected chi connectivity index (χ4v) is 2.58. The number of hydrogen-bond donors (Lipinski definition) is 0. The lowest BCUT2D eigenvalue weighted by Crippen LogP contribution is -2.27. The van der Waals surface area contributed by atoms with Crippen LogP contribution >= 0.6 is 0 Å². The van der Waals surface area contributed by atoms with Gasteiger partial charge in [-0.15, -0.1) is 6.42 Å². The van der Waals surface area contributed by atoms with E-state index in [1.54, 1.807) is 0 Å². The second kappa shape index (κ2) is 3.08. The van der Waals surface area contributed by atoms with Crippen molar-refractivity contribution in [2.75, 3.05) is 39.8 Å². The molecule has 0 spiro atoms. The number of likely N-dealkylation sites (tertiary alicyclic amines) is 2. The van der Waals surface area contributed by atoms with Gasteiger partial charge in [-0.1, -0.05) is 5.92 Å². The first-order chi connectivity index (χ1) is 5.79. The van der Waals surface area contributed by atoms with Gasteiger partial charge in [-0.3, -0.25) is 4.90 Å². The maximum absolute atomic E-state index is 5.28. The lowest BCUT2D eigenvalue weighted by atomic mass is 10.0. The Bertz CT molecular complexity index is 192. The van der Waals surface area contributed by atoms with Crippen LogP contribution in [0.3, 0.4) is 0 Å². The maximum Gasteiger partial charge on any atom is 0.0599 e. The molecule has 2 heterocycles. The number of rotatable bonds is 1. The summed E-state index contributed by atoms with van der Waals surface area (Å²) in [5, 5.41) is 0.